The number of piperazine rings is 1. The van der Waals surface area contributed by atoms with E-state index in [2.05, 4.69) is 15.1 Å². The number of para-hydroxylation sites is 1. The van der Waals surface area contributed by atoms with Gasteiger partial charge in [-0.05, 0) is 49.7 Å². The lowest BCUT2D eigenvalue weighted by Gasteiger charge is -2.36. The summed E-state index contributed by atoms with van der Waals surface area (Å²) in [4.78, 5) is 41.8. The van der Waals surface area contributed by atoms with Crippen LogP contribution in [0.4, 0.5) is 28.4 Å². The van der Waals surface area contributed by atoms with Crippen LogP contribution in [-0.4, -0.2) is 73.6 Å². The third-order valence-corrected chi connectivity index (χ3v) is 6.41. The largest absolute Gasteiger partial charge is 0.446 e. The highest BCUT2D eigenvalue weighted by molar-refractivity contribution is 5.99. The summed E-state index contributed by atoms with van der Waals surface area (Å²) in [6.45, 7) is 5.38. The number of benzene rings is 2. The Morgan fingerprint density at radius 1 is 1.06 bits per heavy atom. The molecule has 0 aliphatic carbocycles. The lowest BCUT2D eigenvalue weighted by atomic mass is 10.1. The van der Waals surface area contributed by atoms with Crippen molar-refractivity contribution in [3.63, 3.8) is 0 Å². The molecule has 2 fully saturated rings. The zero-order chi connectivity index (χ0) is 25.8. The van der Waals surface area contributed by atoms with Crippen LogP contribution >= 0.6 is 0 Å². The molecule has 1 atom stereocenters. The standard InChI is InChI=1S/C25H27F3N4O4/c1-16(33)18-5-2-3-6-21(18)31-11-9-30(10-12-31)8-4-7-29-24(34)32-22(15-36-25(32)35)17-13-19(26)23(28)20(27)14-17/h2-3,5-6,13-14,22H,4,7-12,15H2,1H3,(H,29,34). The Morgan fingerprint density at radius 3 is 2.39 bits per heavy atom. The number of rotatable bonds is 7. The lowest BCUT2D eigenvalue weighted by molar-refractivity contribution is 0.101. The molecule has 0 saturated carbocycles. The number of ether oxygens (including phenoxy) is 1. The molecule has 2 aliphatic heterocycles. The Labute approximate surface area is 206 Å². The average Bonchev–Trinajstić information content (AvgIpc) is 3.26. The van der Waals surface area contributed by atoms with Gasteiger partial charge in [0, 0.05) is 44.0 Å². The SMILES string of the molecule is CC(=O)c1ccccc1N1CCN(CCCNC(=O)N2C(=O)OCC2c2cc(F)c(F)c(F)c2)CC1. The maximum absolute atomic E-state index is 13.6. The summed E-state index contributed by atoms with van der Waals surface area (Å²) in [5.41, 5.74) is 1.57. The van der Waals surface area contributed by atoms with Crippen LogP contribution in [-0.2, 0) is 4.74 Å². The van der Waals surface area contributed by atoms with Gasteiger partial charge < -0.3 is 15.0 Å². The number of imide groups is 1. The minimum Gasteiger partial charge on any atom is -0.446 e. The summed E-state index contributed by atoms with van der Waals surface area (Å²) in [6.07, 6.45) is -0.326. The molecule has 2 aliphatic rings. The van der Waals surface area contributed by atoms with E-state index in [1.165, 1.54) is 0 Å². The Morgan fingerprint density at radius 2 is 1.72 bits per heavy atom. The number of cyclic esters (lactones) is 1. The minimum atomic E-state index is -1.62. The van der Waals surface area contributed by atoms with E-state index in [1.54, 1.807) is 6.92 Å². The number of amides is 3. The maximum atomic E-state index is 13.6. The second-order valence-electron chi connectivity index (χ2n) is 8.75. The molecule has 4 rings (SSSR count). The van der Waals surface area contributed by atoms with E-state index < -0.39 is 35.6 Å². The molecule has 2 aromatic rings. The molecule has 0 radical (unpaired) electrons. The van der Waals surface area contributed by atoms with Gasteiger partial charge >= 0.3 is 12.1 Å². The summed E-state index contributed by atoms with van der Waals surface area (Å²) in [6, 6.07) is 7.24. The number of hydrogen-bond acceptors (Lipinski definition) is 6. The second kappa shape index (κ2) is 11.0. The van der Waals surface area contributed by atoms with Crippen molar-refractivity contribution in [1.82, 2.24) is 15.1 Å². The first-order valence-corrected chi connectivity index (χ1v) is 11.7. The Balaban J connectivity index is 1.25. The van der Waals surface area contributed by atoms with Gasteiger partial charge in [0.1, 0.15) is 12.6 Å². The van der Waals surface area contributed by atoms with Gasteiger partial charge in [0.2, 0.25) is 0 Å². The van der Waals surface area contributed by atoms with Gasteiger partial charge in [-0.3, -0.25) is 9.69 Å². The van der Waals surface area contributed by atoms with Crippen molar-refractivity contribution in [2.24, 2.45) is 0 Å². The van der Waals surface area contributed by atoms with Gasteiger partial charge in [-0.25, -0.2) is 27.7 Å². The van der Waals surface area contributed by atoms with Crippen molar-refractivity contribution >= 4 is 23.6 Å². The van der Waals surface area contributed by atoms with Crippen molar-refractivity contribution < 1.29 is 32.3 Å². The highest BCUT2D eigenvalue weighted by Crippen LogP contribution is 2.30. The first-order chi connectivity index (χ1) is 17.3. The fourth-order valence-corrected chi connectivity index (χ4v) is 4.50. The fourth-order valence-electron chi connectivity index (χ4n) is 4.50. The normalized spacial score (nSPS) is 18.3. The van der Waals surface area contributed by atoms with Gasteiger partial charge in [0.05, 0.1) is 0 Å². The third-order valence-electron chi connectivity index (χ3n) is 6.41. The van der Waals surface area contributed by atoms with Gasteiger partial charge in [-0.1, -0.05) is 12.1 Å². The van der Waals surface area contributed by atoms with E-state index in [1.807, 2.05) is 24.3 Å². The van der Waals surface area contributed by atoms with Gasteiger partial charge in [0.15, 0.2) is 23.2 Å². The minimum absolute atomic E-state index is 0.0302. The van der Waals surface area contributed by atoms with E-state index in [0.29, 0.717) is 18.5 Å². The number of nitrogens with zero attached hydrogens (tertiary/aromatic N) is 3. The number of halogens is 3. The number of urea groups is 1. The second-order valence-corrected chi connectivity index (χ2v) is 8.75. The van der Waals surface area contributed by atoms with Crippen molar-refractivity contribution in [3.05, 3.63) is 65.0 Å². The third kappa shape index (κ3) is 5.46. The topological polar surface area (TPSA) is 82.2 Å². The summed E-state index contributed by atoms with van der Waals surface area (Å²) in [5.74, 6) is -4.41. The molecule has 1 N–H and O–H groups in total. The maximum Gasteiger partial charge on any atom is 0.418 e. The van der Waals surface area contributed by atoms with Gasteiger partial charge in [-0.2, -0.15) is 0 Å². The number of nitrogens with one attached hydrogen (secondary N) is 1. The quantitative estimate of drug-likeness (QED) is 0.352. The molecule has 1 unspecified atom stereocenters. The zero-order valence-electron chi connectivity index (χ0n) is 19.8. The molecule has 2 heterocycles. The number of Topliss-reactive ketones (excluding diaryl/α,β-unsaturated/α-hetero) is 1. The summed E-state index contributed by atoms with van der Waals surface area (Å²) < 4.78 is 45.4. The molecular formula is C25H27F3N4O4. The van der Waals surface area contributed by atoms with Crippen molar-refractivity contribution in [3.8, 4) is 0 Å². The summed E-state index contributed by atoms with van der Waals surface area (Å²) in [5, 5.41) is 2.64. The van der Waals surface area contributed by atoms with Crippen molar-refractivity contribution in [2.45, 2.75) is 19.4 Å². The Hall–Kier alpha value is -3.60. The van der Waals surface area contributed by atoms with Crippen molar-refractivity contribution in [2.75, 3.05) is 50.8 Å². The van der Waals surface area contributed by atoms with E-state index in [9.17, 15) is 27.6 Å². The zero-order valence-corrected chi connectivity index (χ0v) is 19.8. The Kier molecular flexibility index (Phi) is 7.78. The molecule has 3 amide bonds. The molecule has 8 nitrogen and oxygen atoms in total. The van der Waals surface area contributed by atoms with Crippen LogP contribution in [0.15, 0.2) is 36.4 Å². The van der Waals surface area contributed by atoms with Crippen LogP contribution < -0.4 is 10.2 Å². The lowest BCUT2D eigenvalue weighted by Crippen LogP contribution is -2.47. The predicted molar refractivity (Wildman–Crippen MR) is 125 cm³/mol. The van der Waals surface area contributed by atoms with Gasteiger partial charge in [0.25, 0.3) is 0 Å². The van der Waals surface area contributed by atoms with Crippen LogP contribution in [0.1, 0.15) is 35.3 Å². The number of carbonyl (C=O) groups excluding carboxylic acids is 3. The fraction of sp³-hybridized carbons (Fsp3) is 0.400. The first-order valence-electron chi connectivity index (χ1n) is 11.7. The van der Waals surface area contributed by atoms with E-state index in [0.717, 1.165) is 48.9 Å². The monoisotopic (exact) mass is 504 g/mol. The predicted octanol–water partition coefficient (Wildman–Crippen LogP) is 3.72. The number of anilines is 1. The van der Waals surface area contributed by atoms with Crippen LogP contribution in [0.5, 0.6) is 0 Å². The highest BCUT2D eigenvalue weighted by Gasteiger charge is 2.39. The number of hydrogen-bond donors (Lipinski definition) is 1. The van der Waals surface area contributed by atoms with Crippen LogP contribution in [0, 0.1) is 17.5 Å². The number of carbonyl (C=O) groups is 3. The van der Waals surface area contributed by atoms with Crippen LogP contribution in [0.25, 0.3) is 0 Å². The summed E-state index contributed by atoms with van der Waals surface area (Å²) >= 11 is 0. The molecule has 0 aromatic heterocycles. The average molecular weight is 505 g/mol. The van der Waals surface area contributed by atoms with Gasteiger partial charge in [-0.15, -0.1) is 0 Å². The van der Waals surface area contributed by atoms with E-state index in [4.69, 9.17) is 4.74 Å². The smallest absolute Gasteiger partial charge is 0.418 e. The molecule has 2 saturated heterocycles. The molecule has 2 aromatic carbocycles. The van der Waals surface area contributed by atoms with E-state index in [-0.39, 0.29) is 24.5 Å². The highest BCUT2D eigenvalue weighted by atomic mass is 19.2. The molecule has 36 heavy (non-hydrogen) atoms. The van der Waals surface area contributed by atoms with Crippen LogP contribution in [0.2, 0.25) is 0 Å². The molecule has 11 heteroatoms. The molecular weight excluding hydrogens is 477 g/mol. The van der Waals surface area contributed by atoms with Crippen molar-refractivity contribution in [1.29, 1.82) is 0 Å². The van der Waals surface area contributed by atoms with Crippen LogP contribution in [0.3, 0.4) is 0 Å². The van der Waals surface area contributed by atoms with E-state index >= 15 is 0 Å². The molecule has 192 valence electrons. The number of ketones is 1. The first kappa shape index (κ1) is 25.5. The Bertz CT molecular complexity index is 1130. The molecule has 0 spiro atoms. The molecule has 0 bridgehead atoms. The summed E-state index contributed by atoms with van der Waals surface area (Å²) in [7, 11) is 0.